The summed E-state index contributed by atoms with van der Waals surface area (Å²) in [6.07, 6.45) is 0.800. The summed E-state index contributed by atoms with van der Waals surface area (Å²) in [5.41, 5.74) is 3.23. The smallest absolute Gasteiger partial charge is 0.341 e. The molecule has 2 heterocycles. The predicted molar refractivity (Wildman–Crippen MR) is 111 cm³/mol. The molecule has 1 N–H and O–H groups in total. The molecule has 1 aromatic heterocycles. The Morgan fingerprint density at radius 2 is 1.93 bits per heavy atom. The maximum Gasteiger partial charge on any atom is 0.341 e. The molecule has 0 unspecified atom stereocenters. The molecule has 27 heavy (non-hydrogen) atoms. The van der Waals surface area contributed by atoms with Gasteiger partial charge in [0, 0.05) is 23.5 Å². The summed E-state index contributed by atoms with van der Waals surface area (Å²) < 4.78 is 5.25. The number of benzene rings is 1. The number of amides is 1. The number of carbonyl (C=O) groups excluding carboxylic acids is 2. The lowest BCUT2D eigenvalue weighted by Gasteiger charge is -2.25. The molecule has 0 saturated carbocycles. The van der Waals surface area contributed by atoms with E-state index in [1.54, 1.807) is 19.1 Å². The lowest BCUT2D eigenvalue weighted by molar-refractivity contribution is 0.0526. The van der Waals surface area contributed by atoms with Crippen LogP contribution in [0, 0.1) is 6.92 Å². The second-order valence-electron chi connectivity index (χ2n) is 6.37. The molecule has 0 bridgehead atoms. The minimum Gasteiger partial charge on any atom is -0.462 e. The number of ether oxygens (including phenoxy) is 1. The van der Waals surface area contributed by atoms with Crippen molar-refractivity contribution < 1.29 is 14.3 Å². The van der Waals surface area contributed by atoms with Crippen LogP contribution in [0.2, 0.25) is 0 Å². The molecule has 0 atom stereocenters. The van der Waals surface area contributed by atoms with Crippen molar-refractivity contribution in [3.8, 4) is 0 Å². The second-order valence-corrected chi connectivity index (χ2v) is 7.47. The van der Waals surface area contributed by atoms with Gasteiger partial charge in [0.15, 0.2) is 0 Å². The van der Waals surface area contributed by atoms with Gasteiger partial charge < -0.3 is 10.1 Å². The van der Waals surface area contributed by atoms with Crippen LogP contribution < -0.4 is 5.32 Å². The number of fused-ring (bicyclic) bond motifs is 1. The first-order valence-electron chi connectivity index (χ1n) is 8.95. The van der Waals surface area contributed by atoms with Gasteiger partial charge in [0.05, 0.1) is 12.2 Å². The van der Waals surface area contributed by atoms with Gasteiger partial charge in [-0.1, -0.05) is 24.6 Å². The lowest BCUT2D eigenvalue weighted by Crippen LogP contribution is -2.30. The largest absolute Gasteiger partial charge is 0.462 e. The van der Waals surface area contributed by atoms with Crippen molar-refractivity contribution in [3.63, 3.8) is 0 Å². The number of rotatable bonds is 5. The SMILES string of the molecule is CCOC(=O)c1c(NC(=O)c2ccc(C)cc2)sc2c1CCN(CC)C2.Cl. The molecule has 1 aliphatic rings. The van der Waals surface area contributed by atoms with E-state index in [0.717, 1.165) is 42.1 Å². The molecule has 0 fully saturated rings. The molecule has 0 saturated heterocycles. The van der Waals surface area contributed by atoms with E-state index in [4.69, 9.17) is 4.74 Å². The molecule has 1 amide bonds. The van der Waals surface area contributed by atoms with Gasteiger partial charge in [-0.05, 0) is 44.5 Å². The maximum absolute atomic E-state index is 12.6. The molecule has 5 nitrogen and oxygen atoms in total. The van der Waals surface area contributed by atoms with Gasteiger partial charge in [-0.15, -0.1) is 23.7 Å². The van der Waals surface area contributed by atoms with E-state index in [2.05, 4.69) is 17.1 Å². The van der Waals surface area contributed by atoms with E-state index < -0.39 is 0 Å². The summed E-state index contributed by atoms with van der Waals surface area (Å²) in [4.78, 5) is 28.6. The van der Waals surface area contributed by atoms with Crippen LogP contribution in [0.4, 0.5) is 5.00 Å². The zero-order valence-corrected chi connectivity index (χ0v) is 17.5. The van der Waals surface area contributed by atoms with Crippen molar-refractivity contribution in [3.05, 3.63) is 51.4 Å². The molecule has 0 spiro atoms. The van der Waals surface area contributed by atoms with Crippen LogP contribution in [0.25, 0.3) is 0 Å². The fourth-order valence-corrected chi connectivity index (χ4v) is 4.39. The zero-order valence-electron chi connectivity index (χ0n) is 15.8. The van der Waals surface area contributed by atoms with E-state index in [-0.39, 0.29) is 24.3 Å². The number of halogens is 1. The third-order valence-corrected chi connectivity index (χ3v) is 5.74. The van der Waals surface area contributed by atoms with Gasteiger partial charge in [0.2, 0.25) is 0 Å². The van der Waals surface area contributed by atoms with Gasteiger partial charge in [0.25, 0.3) is 5.91 Å². The number of aryl methyl sites for hydroxylation is 1. The summed E-state index contributed by atoms with van der Waals surface area (Å²) in [7, 11) is 0. The third kappa shape index (κ3) is 4.69. The summed E-state index contributed by atoms with van der Waals surface area (Å²) in [5, 5.41) is 3.53. The van der Waals surface area contributed by atoms with Crippen LogP contribution >= 0.6 is 23.7 Å². The second kappa shape index (κ2) is 9.35. The van der Waals surface area contributed by atoms with Gasteiger partial charge in [0.1, 0.15) is 5.00 Å². The van der Waals surface area contributed by atoms with Crippen molar-refractivity contribution in [2.24, 2.45) is 0 Å². The number of anilines is 1. The van der Waals surface area contributed by atoms with Gasteiger partial charge in [-0.25, -0.2) is 4.79 Å². The number of thiophene rings is 1. The number of nitrogens with one attached hydrogen (secondary N) is 1. The maximum atomic E-state index is 12.6. The van der Waals surface area contributed by atoms with E-state index >= 15 is 0 Å². The molecule has 1 aliphatic heterocycles. The van der Waals surface area contributed by atoms with E-state index in [0.29, 0.717) is 22.7 Å². The summed E-state index contributed by atoms with van der Waals surface area (Å²) in [6.45, 7) is 8.91. The highest BCUT2D eigenvalue weighted by Crippen LogP contribution is 2.37. The van der Waals surface area contributed by atoms with Crippen LogP contribution in [-0.2, 0) is 17.7 Å². The highest BCUT2D eigenvalue weighted by Gasteiger charge is 2.29. The minimum atomic E-state index is -0.353. The fraction of sp³-hybridized carbons (Fsp3) is 0.400. The standard InChI is InChI=1S/C20H24N2O3S.ClH/c1-4-22-11-10-15-16(12-22)26-19(17(15)20(24)25-5-2)21-18(23)14-8-6-13(3)7-9-14;/h6-9H,4-5,10-12H2,1-3H3,(H,21,23);1H. The summed E-state index contributed by atoms with van der Waals surface area (Å²) >= 11 is 1.49. The number of esters is 1. The first-order chi connectivity index (χ1) is 12.5. The van der Waals surface area contributed by atoms with Gasteiger partial charge in [-0.2, -0.15) is 0 Å². The zero-order chi connectivity index (χ0) is 18.7. The Bertz CT molecular complexity index is 817. The van der Waals surface area contributed by atoms with Crippen LogP contribution in [-0.4, -0.2) is 36.5 Å². The van der Waals surface area contributed by atoms with Gasteiger partial charge >= 0.3 is 5.97 Å². The highest BCUT2D eigenvalue weighted by atomic mass is 35.5. The minimum absolute atomic E-state index is 0. The molecular weight excluding hydrogens is 384 g/mol. The van der Waals surface area contributed by atoms with Crippen LogP contribution in [0.1, 0.15) is 50.6 Å². The molecule has 7 heteroatoms. The van der Waals surface area contributed by atoms with Crippen LogP contribution in [0.3, 0.4) is 0 Å². The number of carbonyl (C=O) groups is 2. The molecule has 3 rings (SSSR count). The Balaban J connectivity index is 0.00000261. The Hall–Kier alpha value is -1.89. The Kier molecular flexibility index (Phi) is 7.41. The normalized spacial score (nSPS) is 13.4. The monoisotopic (exact) mass is 408 g/mol. The average Bonchev–Trinajstić information content (AvgIpc) is 2.99. The van der Waals surface area contributed by atoms with E-state index in [9.17, 15) is 9.59 Å². The summed E-state index contributed by atoms with van der Waals surface area (Å²) in [5.74, 6) is -0.560. The number of likely N-dealkylation sites (N-methyl/N-ethyl adjacent to an activating group) is 1. The third-order valence-electron chi connectivity index (χ3n) is 4.60. The molecular formula is C20H25ClN2O3S. The van der Waals surface area contributed by atoms with E-state index in [1.165, 1.54) is 11.3 Å². The number of hydrogen-bond acceptors (Lipinski definition) is 5. The molecule has 146 valence electrons. The number of hydrogen-bond donors (Lipinski definition) is 1. The summed E-state index contributed by atoms with van der Waals surface area (Å²) in [6, 6.07) is 7.39. The van der Waals surface area contributed by atoms with Gasteiger partial charge in [-0.3, -0.25) is 9.69 Å². The Labute approximate surface area is 170 Å². The van der Waals surface area contributed by atoms with Crippen molar-refractivity contribution in [1.82, 2.24) is 4.90 Å². The van der Waals surface area contributed by atoms with Crippen molar-refractivity contribution in [2.75, 3.05) is 25.0 Å². The van der Waals surface area contributed by atoms with Crippen molar-refractivity contribution in [1.29, 1.82) is 0 Å². The Morgan fingerprint density at radius 1 is 1.22 bits per heavy atom. The predicted octanol–water partition coefficient (Wildman–Crippen LogP) is 4.29. The molecule has 1 aromatic carbocycles. The van der Waals surface area contributed by atoms with E-state index in [1.807, 2.05) is 19.1 Å². The molecule has 2 aromatic rings. The molecule has 0 aliphatic carbocycles. The first-order valence-corrected chi connectivity index (χ1v) is 9.77. The molecule has 0 radical (unpaired) electrons. The number of nitrogens with zero attached hydrogens (tertiary/aromatic N) is 1. The fourth-order valence-electron chi connectivity index (χ4n) is 3.11. The Morgan fingerprint density at radius 3 is 2.56 bits per heavy atom. The quantitative estimate of drug-likeness (QED) is 0.750. The van der Waals surface area contributed by atoms with Crippen LogP contribution in [0.15, 0.2) is 24.3 Å². The first kappa shape index (κ1) is 21.4. The lowest BCUT2D eigenvalue weighted by atomic mass is 10.0. The average molecular weight is 409 g/mol. The van der Waals surface area contributed by atoms with Crippen molar-refractivity contribution in [2.45, 2.75) is 33.7 Å². The highest BCUT2D eigenvalue weighted by molar-refractivity contribution is 7.17. The van der Waals surface area contributed by atoms with Crippen molar-refractivity contribution >= 4 is 40.6 Å². The van der Waals surface area contributed by atoms with Crippen LogP contribution in [0.5, 0.6) is 0 Å². The topological polar surface area (TPSA) is 58.6 Å².